The molecule has 2 aromatic carbocycles. The maximum Gasteiger partial charge on any atom is 0.257 e. The second-order valence-corrected chi connectivity index (χ2v) is 8.69. The smallest absolute Gasteiger partial charge is 0.257 e. The molecule has 6 nitrogen and oxygen atoms in total. The summed E-state index contributed by atoms with van der Waals surface area (Å²) >= 11 is 8.37. The molecule has 0 atom stereocenters. The summed E-state index contributed by atoms with van der Waals surface area (Å²) < 4.78 is 0.594. The number of amides is 2. The van der Waals surface area contributed by atoms with Gasteiger partial charge in [-0.05, 0) is 44.2 Å². The fraction of sp³-hybridized carbons (Fsp3) is 0.158. The summed E-state index contributed by atoms with van der Waals surface area (Å²) in [7, 11) is 0. The Morgan fingerprint density at radius 3 is 2.54 bits per heavy atom. The monoisotopic (exact) mass is 432 g/mol. The van der Waals surface area contributed by atoms with Crippen LogP contribution in [0.4, 0.5) is 10.8 Å². The normalized spacial score (nSPS) is 10.5. The maximum absolute atomic E-state index is 12.4. The Bertz CT molecular complexity index is 1000. The van der Waals surface area contributed by atoms with Crippen LogP contribution in [-0.2, 0) is 4.79 Å². The van der Waals surface area contributed by atoms with Crippen LogP contribution in [0.3, 0.4) is 0 Å². The molecule has 28 heavy (non-hydrogen) atoms. The third-order valence-corrected chi connectivity index (χ3v) is 5.75. The number of carbonyl (C=O) groups excluding carboxylic acids is 2. The minimum Gasteiger partial charge on any atom is -0.325 e. The predicted molar refractivity (Wildman–Crippen MR) is 115 cm³/mol. The highest BCUT2D eigenvalue weighted by atomic mass is 35.5. The van der Waals surface area contributed by atoms with Gasteiger partial charge in [-0.1, -0.05) is 58.0 Å². The van der Waals surface area contributed by atoms with Crippen molar-refractivity contribution >= 4 is 57.3 Å². The molecule has 0 bridgehead atoms. The molecule has 0 aliphatic rings. The van der Waals surface area contributed by atoms with Gasteiger partial charge in [0.2, 0.25) is 11.0 Å². The molecule has 0 spiro atoms. The van der Waals surface area contributed by atoms with E-state index in [1.807, 2.05) is 32.0 Å². The number of aromatic nitrogens is 2. The van der Waals surface area contributed by atoms with Crippen LogP contribution in [0.25, 0.3) is 0 Å². The van der Waals surface area contributed by atoms with Crippen molar-refractivity contribution in [2.24, 2.45) is 0 Å². The second kappa shape index (κ2) is 9.18. The number of halogens is 1. The van der Waals surface area contributed by atoms with Crippen LogP contribution in [0.5, 0.6) is 0 Å². The van der Waals surface area contributed by atoms with Gasteiger partial charge in [0.15, 0.2) is 4.34 Å². The van der Waals surface area contributed by atoms with Gasteiger partial charge in [-0.25, -0.2) is 0 Å². The van der Waals surface area contributed by atoms with E-state index in [-0.39, 0.29) is 17.6 Å². The average molecular weight is 433 g/mol. The van der Waals surface area contributed by atoms with E-state index < -0.39 is 0 Å². The third-order valence-electron chi connectivity index (χ3n) is 3.55. The zero-order valence-corrected chi connectivity index (χ0v) is 17.5. The molecular formula is C19H17ClN4O2S2. The number of aryl methyl sites for hydroxylation is 2. The second-order valence-electron chi connectivity index (χ2n) is 6.05. The van der Waals surface area contributed by atoms with Crippen molar-refractivity contribution in [3.63, 3.8) is 0 Å². The Hall–Kier alpha value is -2.42. The van der Waals surface area contributed by atoms with Gasteiger partial charge in [-0.2, -0.15) is 0 Å². The number of carbonyl (C=O) groups is 2. The quantitative estimate of drug-likeness (QED) is 0.432. The van der Waals surface area contributed by atoms with E-state index in [9.17, 15) is 9.59 Å². The summed E-state index contributed by atoms with van der Waals surface area (Å²) in [6.45, 7) is 3.88. The topological polar surface area (TPSA) is 84.0 Å². The molecule has 0 aliphatic carbocycles. The molecule has 1 heterocycles. The Morgan fingerprint density at radius 1 is 1.07 bits per heavy atom. The van der Waals surface area contributed by atoms with Crippen molar-refractivity contribution in [2.45, 2.75) is 18.2 Å². The van der Waals surface area contributed by atoms with E-state index in [1.165, 1.54) is 23.1 Å². The molecule has 9 heteroatoms. The SMILES string of the molecule is Cc1cc(C)cc(C(=O)Nc2nnc(SCC(=O)Nc3cccc(Cl)c3)s2)c1. The number of thioether (sulfide) groups is 1. The molecule has 0 aliphatic heterocycles. The standard InChI is InChI=1S/C19H17ClN4O2S2/c1-11-6-12(2)8-13(7-11)17(26)22-18-23-24-19(28-18)27-10-16(25)21-15-5-3-4-14(20)9-15/h3-9H,10H2,1-2H3,(H,21,25)(H,22,23,26). The molecule has 2 N–H and O–H groups in total. The Balaban J connectivity index is 1.53. The van der Waals surface area contributed by atoms with Gasteiger partial charge >= 0.3 is 0 Å². The number of benzene rings is 2. The highest BCUT2D eigenvalue weighted by Crippen LogP contribution is 2.26. The van der Waals surface area contributed by atoms with Crippen LogP contribution in [-0.4, -0.2) is 27.8 Å². The van der Waals surface area contributed by atoms with Crippen molar-refractivity contribution in [1.82, 2.24) is 10.2 Å². The fourth-order valence-electron chi connectivity index (χ4n) is 2.48. The molecule has 3 rings (SSSR count). The summed E-state index contributed by atoms with van der Waals surface area (Å²) in [4.78, 5) is 24.4. The van der Waals surface area contributed by atoms with Crippen molar-refractivity contribution < 1.29 is 9.59 Å². The van der Waals surface area contributed by atoms with Crippen LogP contribution in [0.15, 0.2) is 46.8 Å². The average Bonchev–Trinajstić information content (AvgIpc) is 3.06. The molecule has 0 saturated carbocycles. The number of nitrogens with zero attached hydrogens (tertiary/aromatic N) is 2. The van der Waals surface area contributed by atoms with Gasteiger partial charge in [-0.15, -0.1) is 10.2 Å². The summed E-state index contributed by atoms with van der Waals surface area (Å²) in [5, 5.41) is 14.4. The number of hydrogen-bond acceptors (Lipinski definition) is 6. The van der Waals surface area contributed by atoms with Gasteiger partial charge in [0.25, 0.3) is 5.91 Å². The van der Waals surface area contributed by atoms with Crippen LogP contribution in [0.2, 0.25) is 5.02 Å². The van der Waals surface area contributed by atoms with Gasteiger partial charge in [0.1, 0.15) is 0 Å². The first-order chi connectivity index (χ1) is 13.4. The van der Waals surface area contributed by atoms with Crippen LogP contribution >= 0.6 is 34.7 Å². The zero-order valence-electron chi connectivity index (χ0n) is 15.2. The van der Waals surface area contributed by atoms with E-state index >= 15 is 0 Å². The Morgan fingerprint density at radius 2 is 1.82 bits per heavy atom. The number of rotatable bonds is 6. The number of nitrogens with one attached hydrogen (secondary N) is 2. The molecule has 0 unspecified atom stereocenters. The first kappa shape index (κ1) is 20.3. The van der Waals surface area contributed by atoms with Crippen molar-refractivity contribution in [3.05, 3.63) is 64.2 Å². The number of anilines is 2. The molecule has 144 valence electrons. The first-order valence-electron chi connectivity index (χ1n) is 8.30. The van der Waals surface area contributed by atoms with E-state index in [2.05, 4.69) is 20.8 Å². The Labute approximate surface area is 175 Å². The third kappa shape index (κ3) is 5.79. The highest BCUT2D eigenvalue weighted by molar-refractivity contribution is 8.01. The number of hydrogen-bond donors (Lipinski definition) is 2. The Kier molecular flexibility index (Phi) is 6.66. The molecular weight excluding hydrogens is 416 g/mol. The highest BCUT2D eigenvalue weighted by Gasteiger charge is 2.12. The summed E-state index contributed by atoms with van der Waals surface area (Å²) in [5.74, 6) is -0.243. The van der Waals surface area contributed by atoms with E-state index in [4.69, 9.17) is 11.6 Å². The van der Waals surface area contributed by atoms with Crippen molar-refractivity contribution in [2.75, 3.05) is 16.4 Å². The van der Waals surface area contributed by atoms with E-state index in [0.29, 0.717) is 25.7 Å². The van der Waals surface area contributed by atoms with Crippen LogP contribution < -0.4 is 10.6 Å². The van der Waals surface area contributed by atoms with Crippen molar-refractivity contribution in [1.29, 1.82) is 0 Å². The molecule has 0 fully saturated rings. The summed E-state index contributed by atoms with van der Waals surface area (Å²) in [6.07, 6.45) is 0. The van der Waals surface area contributed by atoms with E-state index in [0.717, 1.165) is 11.1 Å². The molecule has 0 radical (unpaired) electrons. The lowest BCUT2D eigenvalue weighted by Crippen LogP contribution is -2.13. The summed E-state index contributed by atoms with van der Waals surface area (Å²) in [6, 6.07) is 12.6. The maximum atomic E-state index is 12.4. The van der Waals surface area contributed by atoms with Gasteiger partial charge in [-0.3, -0.25) is 14.9 Å². The minimum atomic E-state index is -0.238. The van der Waals surface area contributed by atoms with Gasteiger partial charge < -0.3 is 5.32 Å². The first-order valence-corrected chi connectivity index (χ1v) is 10.5. The molecule has 1 aromatic heterocycles. The molecule has 0 saturated heterocycles. The van der Waals surface area contributed by atoms with Gasteiger partial charge in [0, 0.05) is 16.3 Å². The predicted octanol–water partition coefficient (Wildman–Crippen LogP) is 4.79. The van der Waals surface area contributed by atoms with Crippen LogP contribution in [0.1, 0.15) is 21.5 Å². The lowest BCUT2D eigenvalue weighted by Gasteiger charge is -2.04. The summed E-state index contributed by atoms with van der Waals surface area (Å²) in [5.41, 5.74) is 3.24. The molecule has 3 aromatic rings. The molecule has 2 amide bonds. The largest absolute Gasteiger partial charge is 0.325 e. The van der Waals surface area contributed by atoms with Crippen LogP contribution in [0, 0.1) is 13.8 Å². The lowest BCUT2D eigenvalue weighted by atomic mass is 10.1. The zero-order chi connectivity index (χ0) is 20.1. The lowest BCUT2D eigenvalue weighted by molar-refractivity contribution is -0.113. The van der Waals surface area contributed by atoms with Gasteiger partial charge in [0.05, 0.1) is 5.75 Å². The fourth-order valence-corrected chi connectivity index (χ4v) is 4.22. The van der Waals surface area contributed by atoms with E-state index in [1.54, 1.807) is 24.3 Å². The van der Waals surface area contributed by atoms with Crippen molar-refractivity contribution in [3.8, 4) is 0 Å². The minimum absolute atomic E-state index is 0.173.